The van der Waals surface area contributed by atoms with E-state index in [2.05, 4.69) is 5.32 Å². The van der Waals surface area contributed by atoms with Gasteiger partial charge in [0.05, 0.1) is 5.92 Å². The Morgan fingerprint density at radius 3 is 2.62 bits per heavy atom. The molecule has 1 aromatic carbocycles. The van der Waals surface area contributed by atoms with Gasteiger partial charge < -0.3 is 16.0 Å². The number of amides is 2. The summed E-state index contributed by atoms with van der Waals surface area (Å²) in [4.78, 5) is 25.8. The monoisotopic (exact) mass is 311 g/mol. The van der Waals surface area contributed by atoms with E-state index in [0.717, 1.165) is 5.56 Å². The Labute approximate surface area is 131 Å². The zero-order valence-corrected chi connectivity index (χ0v) is 13.1. The van der Waals surface area contributed by atoms with Crippen LogP contribution in [0.1, 0.15) is 25.5 Å². The van der Waals surface area contributed by atoms with Crippen LogP contribution in [0.5, 0.6) is 0 Å². The maximum atomic E-state index is 12.5. The second-order valence-electron chi connectivity index (χ2n) is 5.22. The molecule has 3 N–H and O–H groups in total. The van der Waals surface area contributed by atoms with E-state index in [4.69, 9.17) is 5.73 Å². The lowest BCUT2D eigenvalue weighted by molar-refractivity contribution is -0.145. The average Bonchev–Trinajstić information content (AvgIpc) is 2.48. The number of halogens is 1. The zero-order chi connectivity index (χ0) is 14.7. The number of hydrogen-bond acceptors (Lipinski definition) is 3. The molecule has 0 aromatic heterocycles. The molecule has 1 fully saturated rings. The largest absolute Gasteiger partial charge is 0.353 e. The second kappa shape index (κ2) is 7.43. The van der Waals surface area contributed by atoms with Crippen molar-refractivity contribution in [2.75, 3.05) is 13.1 Å². The van der Waals surface area contributed by atoms with Crippen molar-refractivity contribution in [3.05, 3.63) is 35.9 Å². The Balaban J connectivity index is 0.00000220. The summed E-state index contributed by atoms with van der Waals surface area (Å²) in [6, 6.07) is 8.77. The molecule has 1 aliphatic heterocycles. The standard InChI is InChI=1S/C15H21N3O2.ClH/c1-10(13(16)12-6-4-3-5-7-12)15(20)18-9-8-17-14(19)11(18)2;/h3-7,10-11,13H,8-9,16H2,1-2H3,(H,17,19);1H. The van der Waals surface area contributed by atoms with Gasteiger partial charge in [-0.25, -0.2) is 0 Å². The molecule has 6 heteroatoms. The summed E-state index contributed by atoms with van der Waals surface area (Å²) in [6.07, 6.45) is 0. The lowest BCUT2D eigenvalue weighted by Gasteiger charge is -2.35. The Morgan fingerprint density at radius 2 is 2.00 bits per heavy atom. The lowest BCUT2D eigenvalue weighted by Crippen LogP contribution is -2.57. The number of piperazine rings is 1. The molecule has 2 amide bonds. The van der Waals surface area contributed by atoms with E-state index in [0.29, 0.717) is 13.1 Å². The maximum absolute atomic E-state index is 12.5. The summed E-state index contributed by atoms with van der Waals surface area (Å²) < 4.78 is 0. The second-order valence-corrected chi connectivity index (χ2v) is 5.22. The molecule has 3 atom stereocenters. The van der Waals surface area contributed by atoms with Crippen LogP contribution in [0.3, 0.4) is 0 Å². The van der Waals surface area contributed by atoms with Gasteiger partial charge in [0.1, 0.15) is 6.04 Å². The van der Waals surface area contributed by atoms with Crippen LogP contribution < -0.4 is 11.1 Å². The van der Waals surface area contributed by atoms with Gasteiger partial charge in [-0.1, -0.05) is 37.3 Å². The van der Waals surface area contributed by atoms with E-state index in [1.54, 1.807) is 11.8 Å². The van der Waals surface area contributed by atoms with Crippen LogP contribution in [0.2, 0.25) is 0 Å². The quantitative estimate of drug-likeness (QED) is 0.877. The van der Waals surface area contributed by atoms with Crippen LogP contribution in [0.15, 0.2) is 30.3 Å². The van der Waals surface area contributed by atoms with Crippen molar-refractivity contribution in [2.45, 2.75) is 25.9 Å². The number of nitrogens with zero attached hydrogens (tertiary/aromatic N) is 1. The highest BCUT2D eigenvalue weighted by Crippen LogP contribution is 2.22. The first-order chi connectivity index (χ1) is 9.52. The zero-order valence-electron chi connectivity index (χ0n) is 12.3. The van der Waals surface area contributed by atoms with Crippen molar-refractivity contribution in [1.82, 2.24) is 10.2 Å². The SMILES string of the molecule is CC(C(=O)N1CCNC(=O)C1C)C(N)c1ccccc1.Cl. The van der Waals surface area contributed by atoms with Gasteiger partial charge in [0.15, 0.2) is 0 Å². The summed E-state index contributed by atoms with van der Waals surface area (Å²) in [6.45, 7) is 4.60. The molecule has 2 rings (SSSR count). The first kappa shape index (κ1) is 17.5. The molecule has 1 aromatic rings. The van der Waals surface area contributed by atoms with Crippen LogP contribution in [0.25, 0.3) is 0 Å². The van der Waals surface area contributed by atoms with Crippen LogP contribution in [-0.2, 0) is 9.59 Å². The van der Waals surface area contributed by atoms with Gasteiger partial charge in [-0.15, -0.1) is 12.4 Å². The third-order valence-corrected chi connectivity index (χ3v) is 3.89. The number of rotatable bonds is 3. The minimum absolute atomic E-state index is 0. The van der Waals surface area contributed by atoms with Gasteiger partial charge in [0.2, 0.25) is 11.8 Å². The number of nitrogens with two attached hydrogens (primary N) is 1. The van der Waals surface area contributed by atoms with Gasteiger partial charge in [-0.05, 0) is 12.5 Å². The summed E-state index contributed by atoms with van der Waals surface area (Å²) in [7, 11) is 0. The molecular weight excluding hydrogens is 290 g/mol. The fourth-order valence-corrected chi connectivity index (χ4v) is 2.46. The molecule has 0 aliphatic carbocycles. The molecule has 21 heavy (non-hydrogen) atoms. The minimum atomic E-state index is -0.429. The fourth-order valence-electron chi connectivity index (χ4n) is 2.46. The van der Waals surface area contributed by atoms with Crippen LogP contribution in [0.4, 0.5) is 0 Å². The number of carbonyl (C=O) groups is 2. The summed E-state index contributed by atoms with van der Waals surface area (Å²) in [5, 5.41) is 2.75. The lowest BCUT2D eigenvalue weighted by atomic mass is 9.93. The number of hydrogen-bond donors (Lipinski definition) is 2. The fraction of sp³-hybridized carbons (Fsp3) is 0.467. The number of nitrogens with one attached hydrogen (secondary N) is 1. The van der Waals surface area contributed by atoms with Crippen LogP contribution in [-0.4, -0.2) is 35.8 Å². The minimum Gasteiger partial charge on any atom is -0.353 e. The third kappa shape index (κ3) is 3.74. The normalized spacial score (nSPS) is 21.0. The molecule has 1 saturated heterocycles. The molecule has 0 saturated carbocycles. The average molecular weight is 312 g/mol. The Bertz CT molecular complexity index is 495. The van der Waals surface area contributed by atoms with Gasteiger partial charge in [0, 0.05) is 19.1 Å². The first-order valence-corrected chi connectivity index (χ1v) is 6.91. The first-order valence-electron chi connectivity index (χ1n) is 6.91. The van der Waals surface area contributed by atoms with Gasteiger partial charge in [0.25, 0.3) is 0 Å². The molecule has 3 unspecified atom stereocenters. The van der Waals surface area contributed by atoms with E-state index in [1.165, 1.54) is 0 Å². The molecular formula is C15H22ClN3O2. The van der Waals surface area contributed by atoms with Crippen molar-refractivity contribution < 1.29 is 9.59 Å². The van der Waals surface area contributed by atoms with Gasteiger partial charge in [-0.3, -0.25) is 9.59 Å². The Kier molecular flexibility index (Phi) is 6.18. The van der Waals surface area contributed by atoms with Crippen molar-refractivity contribution >= 4 is 24.2 Å². The summed E-state index contributed by atoms with van der Waals surface area (Å²) in [5.74, 6) is -0.528. The van der Waals surface area contributed by atoms with Crippen molar-refractivity contribution in [2.24, 2.45) is 11.7 Å². The van der Waals surface area contributed by atoms with Crippen molar-refractivity contribution in [3.63, 3.8) is 0 Å². The predicted molar refractivity (Wildman–Crippen MR) is 84.0 cm³/mol. The molecule has 1 heterocycles. The van der Waals surface area contributed by atoms with E-state index < -0.39 is 6.04 Å². The molecule has 0 bridgehead atoms. The van der Waals surface area contributed by atoms with E-state index >= 15 is 0 Å². The maximum Gasteiger partial charge on any atom is 0.242 e. The smallest absolute Gasteiger partial charge is 0.242 e. The molecule has 0 radical (unpaired) electrons. The molecule has 116 valence electrons. The molecule has 0 spiro atoms. The van der Waals surface area contributed by atoms with Crippen molar-refractivity contribution in [1.29, 1.82) is 0 Å². The van der Waals surface area contributed by atoms with E-state index in [-0.39, 0.29) is 36.2 Å². The molecule has 1 aliphatic rings. The highest BCUT2D eigenvalue weighted by atomic mass is 35.5. The van der Waals surface area contributed by atoms with E-state index in [9.17, 15) is 9.59 Å². The van der Waals surface area contributed by atoms with Crippen molar-refractivity contribution in [3.8, 4) is 0 Å². The molecule has 5 nitrogen and oxygen atoms in total. The van der Waals surface area contributed by atoms with E-state index in [1.807, 2.05) is 37.3 Å². The summed E-state index contributed by atoms with van der Waals surface area (Å²) >= 11 is 0. The number of benzene rings is 1. The Morgan fingerprint density at radius 1 is 1.38 bits per heavy atom. The van der Waals surface area contributed by atoms with Crippen LogP contribution >= 0.6 is 12.4 Å². The third-order valence-electron chi connectivity index (χ3n) is 3.89. The Hall–Kier alpha value is -1.59. The predicted octanol–water partition coefficient (Wildman–Crippen LogP) is 1.09. The van der Waals surface area contributed by atoms with Gasteiger partial charge >= 0.3 is 0 Å². The van der Waals surface area contributed by atoms with Gasteiger partial charge in [-0.2, -0.15) is 0 Å². The number of carbonyl (C=O) groups excluding carboxylic acids is 2. The topological polar surface area (TPSA) is 75.4 Å². The summed E-state index contributed by atoms with van der Waals surface area (Å²) in [5.41, 5.74) is 7.11. The highest BCUT2D eigenvalue weighted by Gasteiger charge is 2.34. The highest BCUT2D eigenvalue weighted by molar-refractivity contribution is 5.89. The van der Waals surface area contributed by atoms with Crippen LogP contribution in [0, 0.1) is 5.92 Å².